The number of ether oxygens (including phenoxy) is 5. The highest BCUT2D eigenvalue weighted by Gasteiger charge is 2.50. The molecule has 12 nitrogen and oxygen atoms in total. The number of carboxylic acids is 1. The van der Waals surface area contributed by atoms with Crippen molar-refractivity contribution >= 4 is 23.9 Å². The zero-order chi connectivity index (χ0) is 57.5. The SMILES string of the molecule is CC/C=C\C/C=C\C/C=C\C/C=C\CCCCCCCCC(=O)OC1C(OCC(COC(=O)CCCC/C=C\C/C=C\C/C=C\C/C=C\CC)OC(=O)CCCCCCCCCCCCCCCCC)OC(C(=O)O)C(O)C1O. The van der Waals surface area contributed by atoms with Gasteiger partial charge in [0.25, 0.3) is 0 Å². The first-order valence-electron chi connectivity index (χ1n) is 31.2. The van der Waals surface area contributed by atoms with Gasteiger partial charge in [-0.1, -0.05) is 234 Å². The molecule has 6 unspecified atom stereocenters. The topological polar surface area (TPSA) is 175 Å². The molecule has 0 aromatic heterocycles. The molecular weight excluding hydrogens is 997 g/mol. The van der Waals surface area contributed by atoms with Gasteiger partial charge >= 0.3 is 23.9 Å². The molecule has 1 heterocycles. The molecule has 0 amide bonds. The molecule has 1 aliphatic heterocycles. The zero-order valence-corrected chi connectivity index (χ0v) is 49.6. The van der Waals surface area contributed by atoms with E-state index in [4.69, 9.17) is 23.7 Å². The number of allylic oxidation sites excluding steroid dienone is 16. The van der Waals surface area contributed by atoms with Crippen LogP contribution in [0.2, 0.25) is 0 Å². The summed E-state index contributed by atoms with van der Waals surface area (Å²) in [6, 6.07) is 0. The van der Waals surface area contributed by atoms with Crippen LogP contribution < -0.4 is 0 Å². The average molecular weight is 1110 g/mol. The molecule has 0 bridgehead atoms. The summed E-state index contributed by atoms with van der Waals surface area (Å²) < 4.78 is 28.4. The largest absolute Gasteiger partial charge is 0.479 e. The van der Waals surface area contributed by atoms with Gasteiger partial charge in [0.1, 0.15) is 18.8 Å². The van der Waals surface area contributed by atoms with Crippen LogP contribution in [0.25, 0.3) is 0 Å². The van der Waals surface area contributed by atoms with Gasteiger partial charge in [-0.25, -0.2) is 4.79 Å². The molecule has 1 rings (SSSR count). The van der Waals surface area contributed by atoms with Crippen molar-refractivity contribution in [1.29, 1.82) is 0 Å². The summed E-state index contributed by atoms with van der Waals surface area (Å²) in [6.45, 7) is 5.74. The maximum Gasteiger partial charge on any atom is 0.335 e. The summed E-state index contributed by atoms with van der Waals surface area (Å²) in [6.07, 6.45) is 59.4. The Morgan fingerprint density at radius 1 is 0.430 bits per heavy atom. The third kappa shape index (κ3) is 44.0. The van der Waals surface area contributed by atoms with Gasteiger partial charge in [-0.3, -0.25) is 14.4 Å². The van der Waals surface area contributed by atoms with E-state index in [0.717, 1.165) is 122 Å². The van der Waals surface area contributed by atoms with E-state index in [1.165, 1.54) is 70.6 Å². The number of carboxylic acid groups (broad SMARTS) is 1. The van der Waals surface area contributed by atoms with E-state index in [2.05, 4.69) is 118 Å². The molecule has 450 valence electrons. The summed E-state index contributed by atoms with van der Waals surface area (Å²) in [5, 5.41) is 31.6. The summed E-state index contributed by atoms with van der Waals surface area (Å²) >= 11 is 0. The van der Waals surface area contributed by atoms with E-state index in [1.54, 1.807) is 0 Å². The quantitative estimate of drug-likeness (QED) is 0.0228. The number of hydrogen-bond donors (Lipinski definition) is 3. The molecule has 0 spiro atoms. The molecular formula is C67H110O12. The second kappa shape index (κ2) is 54.2. The Labute approximate surface area is 479 Å². The van der Waals surface area contributed by atoms with Crippen molar-refractivity contribution < 1.29 is 58.2 Å². The van der Waals surface area contributed by atoms with E-state index in [-0.39, 0.29) is 25.9 Å². The zero-order valence-electron chi connectivity index (χ0n) is 49.6. The molecule has 0 saturated carbocycles. The molecule has 1 aliphatic rings. The van der Waals surface area contributed by atoms with Crippen molar-refractivity contribution in [3.63, 3.8) is 0 Å². The molecule has 0 aliphatic carbocycles. The number of unbranched alkanes of at least 4 members (excludes halogenated alkanes) is 22. The van der Waals surface area contributed by atoms with E-state index in [0.29, 0.717) is 19.3 Å². The summed E-state index contributed by atoms with van der Waals surface area (Å²) in [4.78, 5) is 51.2. The highest BCUT2D eigenvalue weighted by atomic mass is 16.7. The van der Waals surface area contributed by atoms with Crippen molar-refractivity contribution in [3.05, 3.63) is 97.2 Å². The van der Waals surface area contributed by atoms with Crippen LogP contribution in [0.15, 0.2) is 97.2 Å². The fourth-order valence-corrected chi connectivity index (χ4v) is 8.94. The summed E-state index contributed by atoms with van der Waals surface area (Å²) in [5.74, 6) is -3.19. The number of carbonyl (C=O) groups excluding carboxylic acids is 3. The molecule has 3 N–H and O–H groups in total. The van der Waals surface area contributed by atoms with Crippen LogP contribution >= 0.6 is 0 Å². The first-order valence-corrected chi connectivity index (χ1v) is 31.2. The predicted molar refractivity (Wildman–Crippen MR) is 321 cm³/mol. The van der Waals surface area contributed by atoms with Crippen molar-refractivity contribution in [3.8, 4) is 0 Å². The van der Waals surface area contributed by atoms with Crippen molar-refractivity contribution in [2.45, 2.75) is 289 Å². The van der Waals surface area contributed by atoms with Gasteiger partial charge in [-0.2, -0.15) is 0 Å². The van der Waals surface area contributed by atoms with E-state index < -0.39 is 67.3 Å². The van der Waals surface area contributed by atoms with Crippen LogP contribution in [0.3, 0.4) is 0 Å². The third-order valence-corrected chi connectivity index (χ3v) is 13.7. The molecule has 79 heavy (non-hydrogen) atoms. The van der Waals surface area contributed by atoms with Crippen LogP contribution in [0.1, 0.15) is 252 Å². The van der Waals surface area contributed by atoms with Crippen LogP contribution in [-0.4, -0.2) is 89.2 Å². The monoisotopic (exact) mass is 1110 g/mol. The van der Waals surface area contributed by atoms with Gasteiger partial charge in [0, 0.05) is 19.3 Å². The predicted octanol–water partition coefficient (Wildman–Crippen LogP) is 16.5. The van der Waals surface area contributed by atoms with Crippen molar-refractivity contribution in [1.82, 2.24) is 0 Å². The second-order valence-electron chi connectivity index (χ2n) is 20.9. The Balaban J connectivity index is 2.70. The minimum absolute atomic E-state index is 0.0370. The number of esters is 3. The number of aliphatic hydroxyl groups is 2. The normalized spacial score (nSPS) is 18.5. The van der Waals surface area contributed by atoms with Crippen molar-refractivity contribution in [2.24, 2.45) is 0 Å². The third-order valence-electron chi connectivity index (χ3n) is 13.7. The number of aliphatic carboxylic acids is 1. The number of carbonyl (C=O) groups is 4. The minimum atomic E-state index is -1.92. The van der Waals surface area contributed by atoms with Crippen LogP contribution in [0, 0.1) is 0 Å². The molecule has 0 aromatic carbocycles. The number of rotatable bonds is 52. The average Bonchev–Trinajstić information content (AvgIpc) is 3.44. The number of aliphatic hydroxyl groups excluding tert-OH is 2. The van der Waals surface area contributed by atoms with Crippen LogP contribution in [-0.2, 0) is 42.9 Å². The van der Waals surface area contributed by atoms with Crippen molar-refractivity contribution in [2.75, 3.05) is 13.2 Å². The Bertz CT molecular complexity index is 1740. The fourth-order valence-electron chi connectivity index (χ4n) is 8.94. The van der Waals surface area contributed by atoms with Gasteiger partial charge in [-0.15, -0.1) is 0 Å². The Hall–Kier alpha value is -4.36. The molecule has 1 fully saturated rings. The molecule has 0 aromatic rings. The van der Waals surface area contributed by atoms with Gasteiger partial charge in [-0.05, 0) is 96.3 Å². The standard InChI is InChI=1S/C67H110O12/c1-4-7-10-13-16-19-22-25-28-29-30-31-34-37-40-43-46-49-52-55-61(70)78-65-63(72)62(71)64(66(73)74)79-67(65)76-57-58(77-60(69)54-51-48-45-42-39-36-33-27-24-21-18-15-12-9-6-3)56-75-59(68)53-50-47-44-41-38-35-32-26-23-20-17-14-11-8-5-2/h7-8,10-11,16-17,19-20,25-26,28,30-32,38,41,58,62-65,67,71-72H,4-6,9,12-15,18,21-24,27,29,33-37,39-40,42-57H2,1-3H3,(H,73,74)/b10-7-,11-8-,19-16-,20-17-,28-25-,31-30-,32-26-,41-38-. The lowest BCUT2D eigenvalue weighted by atomic mass is 9.98. The lowest BCUT2D eigenvalue weighted by molar-refractivity contribution is -0.301. The summed E-state index contributed by atoms with van der Waals surface area (Å²) in [5.41, 5.74) is 0. The fraction of sp³-hybridized carbons (Fsp3) is 0.701. The maximum atomic E-state index is 13.2. The van der Waals surface area contributed by atoms with Crippen LogP contribution in [0.5, 0.6) is 0 Å². The van der Waals surface area contributed by atoms with Crippen LogP contribution in [0.4, 0.5) is 0 Å². The Kier molecular flexibility index (Phi) is 49.9. The maximum absolute atomic E-state index is 13.2. The lowest BCUT2D eigenvalue weighted by Gasteiger charge is -2.40. The Morgan fingerprint density at radius 3 is 1.24 bits per heavy atom. The van der Waals surface area contributed by atoms with E-state index in [1.807, 2.05) is 0 Å². The van der Waals surface area contributed by atoms with Gasteiger partial charge in [0.2, 0.25) is 0 Å². The van der Waals surface area contributed by atoms with E-state index >= 15 is 0 Å². The minimum Gasteiger partial charge on any atom is -0.479 e. The first kappa shape index (κ1) is 72.7. The van der Waals surface area contributed by atoms with E-state index in [9.17, 15) is 34.5 Å². The molecule has 6 atom stereocenters. The molecule has 0 radical (unpaired) electrons. The number of hydrogen-bond acceptors (Lipinski definition) is 11. The molecule has 1 saturated heterocycles. The van der Waals surface area contributed by atoms with Gasteiger partial charge < -0.3 is 39.0 Å². The second-order valence-corrected chi connectivity index (χ2v) is 20.9. The Morgan fingerprint density at radius 2 is 0.797 bits per heavy atom. The molecule has 12 heteroatoms. The lowest BCUT2D eigenvalue weighted by Crippen LogP contribution is -2.61. The highest BCUT2D eigenvalue weighted by Crippen LogP contribution is 2.26. The smallest absolute Gasteiger partial charge is 0.335 e. The summed E-state index contributed by atoms with van der Waals surface area (Å²) in [7, 11) is 0. The van der Waals surface area contributed by atoms with Gasteiger partial charge in [0.15, 0.2) is 24.6 Å². The van der Waals surface area contributed by atoms with Gasteiger partial charge in [0.05, 0.1) is 6.61 Å². The highest BCUT2D eigenvalue weighted by molar-refractivity contribution is 5.74. The first-order chi connectivity index (χ1) is 38.6.